The first kappa shape index (κ1) is 15.9. The summed E-state index contributed by atoms with van der Waals surface area (Å²) in [7, 11) is -3.91. The van der Waals surface area contributed by atoms with Crippen molar-refractivity contribution in [2.75, 3.05) is 13.2 Å². The fourth-order valence-electron chi connectivity index (χ4n) is 1.19. The van der Waals surface area contributed by atoms with Crippen molar-refractivity contribution in [2.45, 2.75) is 17.4 Å². The molecule has 0 saturated carbocycles. The van der Waals surface area contributed by atoms with Gasteiger partial charge in [-0.1, -0.05) is 27.5 Å². The molecule has 0 fully saturated rings. The fraction of sp³-hybridized carbons (Fsp3) is 0.400. The third-order valence-corrected chi connectivity index (χ3v) is 4.88. The quantitative estimate of drug-likeness (QED) is 0.736. The first-order valence-electron chi connectivity index (χ1n) is 4.95. The Bertz CT molecular complexity index is 531. The predicted molar refractivity (Wildman–Crippen MR) is 72.1 cm³/mol. The minimum Gasteiger partial charge on any atom is -0.394 e. The van der Waals surface area contributed by atoms with Gasteiger partial charge in [-0.05, 0) is 25.1 Å². The van der Waals surface area contributed by atoms with Gasteiger partial charge in [-0.2, -0.15) is 0 Å². The SMILES string of the molecule is CC(CO)(CO)NS(=O)(=O)c1ccc(Br)cc1Cl. The van der Waals surface area contributed by atoms with Gasteiger partial charge in [0.05, 0.1) is 23.8 Å². The van der Waals surface area contributed by atoms with Crippen LogP contribution in [-0.4, -0.2) is 37.4 Å². The molecule has 0 radical (unpaired) electrons. The summed E-state index contributed by atoms with van der Waals surface area (Å²) in [6.45, 7) is 0.324. The summed E-state index contributed by atoms with van der Waals surface area (Å²) in [5, 5.41) is 18.2. The molecule has 0 aromatic heterocycles. The highest BCUT2D eigenvalue weighted by Crippen LogP contribution is 2.26. The van der Waals surface area contributed by atoms with Gasteiger partial charge in [0, 0.05) is 4.47 Å². The van der Waals surface area contributed by atoms with Crippen molar-refractivity contribution in [3.63, 3.8) is 0 Å². The number of halogens is 2. The summed E-state index contributed by atoms with van der Waals surface area (Å²) in [6.07, 6.45) is 0. The zero-order valence-corrected chi connectivity index (χ0v) is 12.7. The van der Waals surface area contributed by atoms with E-state index in [4.69, 9.17) is 21.8 Å². The molecule has 0 aliphatic rings. The maximum absolute atomic E-state index is 12.1. The number of nitrogens with one attached hydrogen (secondary N) is 1. The Kier molecular flexibility index (Phi) is 5.16. The molecule has 8 heteroatoms. The van der Waals surface area contributed by atoms with E-state index in [1.54, 1.807) is 0 Å². The number of aliphatic hydroxyl groups is 2. The molecule has 0 spiro atoms. The van der Waals surface area contributed by atoms with Crippen LogP contribution in [0.4, 0.5) is 0 Å². The van der Waals surface area contributed by atoms with E-state index in [9.17, 15) is 8.42 Å². The van der Waals surface area contributed by atoms with E-state index in [1.807, 2.05) is 0 Å². The highest BCUT2D eigenvalue weighted by atomic mass is 79.9. The zero-order valence-electron chi connectivity index (χ0n) is 9.52. The van der Waals surface area contributed by atoms with E-state index >= 15 is 0 Å². The molecular formula is C10H13BrClNO4S. The molecule has 0 amide bonds. The maximum atomic E-state index is 12.1. The average molecular weight is 359 g/mol. The highest BCUT2D eigenvalue weighted by Gasteiger charge is 2.30. The summed E-state index contributed by atoms with van der Waals surface area (Å²) >= 11 is 9.03. The van der Waals surface area contributed by atoms with Crippen molar-refractivity contribution in [3.05, 3.63) is 27.7 Å². The summed E-state index contributed by atoms with van der Waals surface area (Å²) < 4.78 is 27.0. The average Bonchev–Trinajstić information content (AvgIpc) is 2.27. The lowest BCUT2D eigenvalue weighted by Gasteiger charge is -2.26. The number of aliphatic hydroxyl groups excluding tert-OH is 2. The summed E-state index contributed by atoms with van der Waals surface area (Å²) in [4.78, 5) is -0.111. The first-order chi connectivity index (χ1) is 8.24. The second kappa shape index (κ2) is 5.85. The second-order valence-electron chi connectivity index (χ2n) is 4.06. The van der Waals surface area contributed by atoms with Gasteiger partial charge in [-0.3, -0.25) is 0 Å². The molecule has 3 N–H and O–H groups in total. The van der Waals surface area contributed by atoms with Crippen molar-refractivity contribution in [1.29, 1.82) is 0 Å². The van der Waals surface area contributed by atoms with E-state index in [2.05, 4.69) is 20.7 Å². The monoisotopic (exact) mass is 357 g/mol. The molecule has 0 atom stereocenters. The van der Waals surface area contributed by atoms with Gasteiger partial charge in [-0.15, -0.1) is 0 Å². The molecular weight excluding hydrogens is 346 g/mol. The van der Waals surface area contributed by atoms with Gasteiger partial charge in [0.15, 0.2) is 0 Å². The van der Waals surface area contributed by atoms with E-state index in [0.29, 0.717) is 4.47 Å². The Morgan fingerprint density at radius 3 is 2.39 bits per heavy atom. The van der Waals surface area contributed by atoms with Crippen molar-refractivity contribution in [3.8, 4) is 0 Å². The lowest BCUT2D eigenvalue weighted by atomic mass is 10.1. The Hall–Kier alpha value is -0.180. The number of hydrogen-bond donors (Lipinski definition) is 3. The molecule has 1 aromatic rings. The summed E-state index contributed by atoms with van der Waals surface area (Å²) in [6, 6.07) is 4.32. The molecule has 0 unspecified atom stereocenters. The van der Waals surface area contributed by atoms with E-state index < -0.39 is 28.8 Å². The van der Waals surface area contributed by atoms with Gasteiger partial charge < -0.3 is 10.2 Å². The Balaban J connectivity index is 3.15. The van der Waals surface area contributed by atoms with Crippen LogP contribution in [0.1, 0.15) is 6.92 Å². The van der Waals surface area contributed by atoms with Gasteiger partial charge in [0.25, 0.3) is 0 Å². The zero-order chi connectivity index (χ0) is 14.0. The van der Waals surface area contributed by atoms with Crippen molar-refractivity contribution in [2.24, 2.45) is 0 Å². The number of hydrogen-bond acceptors (Lipinski definition) is 4. The normalized spacial score (nSPS) is 12.7. The number of rotatable bonds is 5. The lowest BCUT2D eigenvalue weighted by molar-refractivity contribution is 0.122. The van der Waals surface area contributed by atoms with Gasteiger partial charge in [-0.25, -0.2) is 13.1 Å². The molecule has 1 aromatic carbocycles. The maximum Gasteiger partial charge on any atom is 0.242 e. The second-order valence-corrected chi connectivity index (χ2v) is 7.03. The van der Waals surface area contributed by atoms with Crippen LogP contribution in [-0.2, 0) is 10.0 Å². The standard InChI is InChI=1S/C10H13BrClNO4S/c1-10(5-14,6-15)13-18(16,17)9-3-2-7(11)4-8(9)12/h2-4,13-15H,5-6H2,1H3. The van der Waals surface area contributed by atoms with Crippen LogP contribution in [0.25, 0.3) is 0 Å². The molecule has 0 heterocycles. The summed E-state index contributed by atoms with van der Waals surface area (Å²) in [5.41, 5.74) is -1.34. The Labute approximate surface area is 119 Å². The van der Waals surface area contributed by atoms with Gasteiger partial charge >= 0.3 is 0 Å². The first-order valence-corrected chi connectivity index (χ1v) is 7.60. The van der Waals surface area contributed by atoms with Crippen molar-refractivity contribution >= 4 is 37.6 Å². The molecule has 0 saturated heterocycles. The molecule has 0 bridgehead atoms. The predicted octanol–water partition coefficient (Wildman–Crippen LogP) is 1.12. The third kappa shape index (κ3) is 3.66. The van der Waals surface area contributed by atoms with Crippen LogP contribution < -0.4 is 4.72 Å². The number of benzene rings is 1. The minimum atomic E-state index is -3.91. The molecule has 0 aliphatic carbocycles. The molecule has 0 aliphatic heterocycles. The fourth-order valence-corrected chi connectivity index (χ4v) is 3.62. The summed E-state index contributed by atoms with van der Waals surface area (Å²) in [5.74, 6) is 0. The minimum absolute atomic E-state index is 0.0510. The Morgan fingerprint density at radius 1 is 1.39 bits per heavy atom. The van der Waals surface area contributed by atoms with Crippen LogP contribution >= 0.6 is 27.5 Å². The van der Waals surface area contributed by atoms with E-state index in [-0.39, 0.29) is 9.92 Å². The third-order valence-electron chi connectivity index (χ3n) is 2.26. The molecule has 18 heavy (non-hydrogen) atoms. The van der Waals surface area contributed by atoms with Crippen LogP contribution in [0.5, 0.6) is 0 Å². The number of sulfonamides is 1. The van der Waals surface area contributed by atoms with Crippen molar-refractivity contribution in [1.82, 2.24) is 4.72 Å². The van der Waals surface area contributed by atoms with Crippen molar-refractivity contribution < 1.29 is 18.6 Å². The van der Waals surface area contributed by atoms with Gasteiger partial charge in [0.2, 0.25) is 10.0 Å². The smallest absolute Gasteiger partial charge is 0.242 e. The molecule has 5 nitrogen and oxygen atoms in total. The molecule has 102 valence electrons. The lowest BCUT2D eigenvalue weighted by Crippen LogP contribution is -2.51. The van der Waals surface area contributed by atoms with Crippen LogP contribution in [0, 0.1) is 0 Å². The van der Waals surface area contributed by atoms with E-state index in [1.165, 1.54) is 25.1 Å². The largest absolute Gasteiger partial charge is 0.394 e. The van der Waals surface area contributed by atoms with Crippen LogP contribution in [0.15, 0.2) is 27.6 Å². The van der Waals surface area contributed by atoms with Gasteiger partial charge in [0.1, 0.15) is 4.90 Å². The van der Waals surface area contributed by atoms with Crippen LogP contribution in [0.2, 0.25) is 5.02 Å². The van der Waals surface area contributed by atoms with Crippen LogP contribution in [0.3, 0.4) is 0 Å². The van der Waals surface area contributed by atoms with E-state index in [0.717, 1.165) is 0 Å². The highest BCUT2D eigenvalue weighted by molar-refractivity contribution is 9.10. The molecule has 1 rings (SSSR count). The Morgan fingerprint density at radius 2 is 1.94 bits per heavy atom. The topological polar surface area (TPSA) is 86.6 Å².